The summed E-state index contributed by atoms with van der Waals surface area (Å²) in [6.45, 7) is 7.16. The Balaban J connectivity index is 0.00000420. The normalized spacial score (nSPS) is 16.7. The Morgan fingerprint density at radius 1 is 1.28 bits per heavy atom. The maximum Gasteiger partial charge on any atom is 0.243 e. The molecule has 0 bridgehead atoms. The number of piperidine rings is 1. The molecule has 0 saturated carbocycles. The Labute approximate surface area is 191 Å². The van der Waals surface area contributed by atoms with Crippen molar-refractivity contribution in [3.63, 3.8) is 0 Å². The molecule has 1 aliphatic rings. The summed E-state index contributed by atoms with van der Waals surface area (Å²) < 4.78 is 13.0. The van der Waals surface area contributed by atoms with Gasteiger partial charge in [-0.15, -0.1) is 24.0 Å². The van der Waals surface area contributed by atoms with Crippen molar-refractivity contribution in [2.24, 2.45) is 4.99 Å². The van der Waals surface area contributed by atoms with Crippen molar-refractivity contribution in [3.8, 4) is 0 Å². The van der Waals surface area contributed by atoms with Gasteiger partial charge in [-0.2, -0.15) is 0 Å². The number of hydrogen-bond acceptors (Lipinski definition) is 3. The van der Waals surface area contributed by atoms with E-state index in [9.17, 15) is 9.18 Å². The molecule has 6 nitrogen and oxygen atoms in total. The molecule has 1 aromatic rings. The Morgan fingerprint density at radius 3 is 2.45 bits per heavy atom. The van der Waals surface area contributed by atoms with E-state index in [0.717, 1.165) is 44.5 Å². The number of guanidine groups is 1. The van der Waals surface area contributed by atoms with Crippen molar-refractivity contribution in [2.75, 3.05) is 33.7 Å². The molecule has 0 aliphatic carbocycles. The van der Waals surface area contributed by atoms with Crippen molar-refractivity contribution in [1.82, 2.24) is 20.4 Å². The fourth-order valence-electron chi connectivity index (χ4n) is 3.03. The minimum atomic E-state index is -0.194. The van der Waals surface area contributed by atoms with Gasteiger partial charge < -0.3 is 15.5 Å². The molecule has 1 fully saturated rings. The van der Waals surface area contributed by atoms with E-state index in [1.807, 2.05) is 12.1 Å². The number of hydrogen-bond donors (Lipinski definition) is 2. The zero-order chi connectivity index (χ0) is 20.5. The molecule has 164 valence electrons. The van der Waals surface area contributed by atoms with Crippen molar-refractivity contribution in [1.29, 1.82) is 0 Å². The van der Waals surface area contributed by atoms with Gasteiger partial charge in [0.25, 0.3) is 0 Å². The standard InChI is InChI=1S/C21H34FN5O.HI/c1-5-16(2)24-21(23-14-20(28)26(3)4)25-19-10-12-27(13-11-19)15-17-6-8-18(22)9-7-17;/h6-9,16,19H,5,10-15H2,1-4H3,(H2,23,24,25);1H. The summed E-state index contributed by atoms with van der Waals surface area (Å²) in [6, 6.07) is 7.35. The fourth-order valence-corrected chi connectivity index (χ4v) is 3.03. The number of aliphatic imine (C=N–C) groups is 1. The predicted molar refractivity (Wildman–Crippen MR) is 127 cm³/mol. The molecule has 8 heteroatoms. The first-order valence-corrected chi connectivity index (χ1v) is 10.1. The molecule has 1 atom stereocenters. The molecule has 1 unspecified atom stereocenters. The van der Waals surface area contributed by atoms with Gasteiger partial charge in [-0.3, -0.25) is 9.69 Å². The number of rotatable bonds is 7. The minimum absolute atomic E-state index is 0. The van der Waals surface area contributed by atoms with Crippen LogP contribution in [0.25, 0.3) is 0 Å². The van der Waals surface area contributed by atoms with Crippen LogP contribution < -0.4 is 10.6 Å². The summed E-state index contributed by atoms with van der Waals surface area (Å²) in [5, 5.41) is 6.88. The number of carbonyl (C=O) groups excluding carboxylic acids is 1. The number of likely N-dealkylation sites (tertiary alicyclic amines) is 1. The molecule has 1 aromatic carbocycles. The van der Waals surface area contributed by atoms with Crippen LogP contribution in [0.5, 0.6) is 0 Å². The molecule has 1 amide bonds. The van der Waals surface area contributed by atoms with Gasteiger partial charge in [0.15, 0.2) is 5.96 Å². The molecule has 0 spiro atoms. The first kappa shape index (κ1) is 25.6. The number of halogens is 2. The minimum Gasteiger partial charge on any atom is -0.354 e. The number of nitrogens with zero attached hydrogens (tertiary/aromatic N) is 3. The largest absolute Gasteiger partial charge is 0.354 e. The lowest BCUT2D eigenvalue weighted by molar-refractivity contribution is -0.127. The topological polar surface area (TPSA) is 60.0 Å². The van der Waals surface area contributed by atoms with Crippen molar-refractivity contribution in [3.05, 3.63) is 35.6 Å². The highest BCUT2D eigenvalue weighted by atomic mass is 127. The Hall–Kier alpha value is -1.42. The molecule has 2 rings (SSSR count). The van der Waals surface area contributed by atoms with E-state index >= 15 is 0 Å². The Kier molecular flexibility index (Phi) is 11.5. The summed E-state index contributed by atoms with van der Waals surface area (Å²) in [5.41, 5.74) is 1.13. The summed E-state index contributed by atoms with van der Waals surface area (Å²) in [5.74, 6) is 0.501. The molecule has 1 saturated heterocycles. The molecule has 1 heterocycles. The average molecular weight is 519 g/mol. The summed E-state index contributed by atoms with van der Waals surface area (Å²) >= 11 is 0. The van der Waals surface area contributed by atoms with Crippen molar-refractivity contribution in [2.45, 2.75) is 51.7 Å². The zero-order valence-electron chi connectivity index (χ0n) is 17.9. The molecule has 1 aliphatic heterocycles. The lowest BCUT2D eigenvalue weighted by Gasteiger charge is -2.33. The van der Waals surface area contributed by atoms with Crippen LogP contribution in [0.2, 0.25) is 0 Å². The highest BCUT2D eigenvalue weighted by Gasteiger charge is 2.20. The molecular weight excluding hydrogens is 484 g/mol. The SMILES string of the molecule is CCC(C)NC(=NCC(=O)N(C)C)NC1CCN(Cc2ccc(F)cc2)CC1.I. The van der Waals surface area contributed by atoms with Gasteiger partial charge in [-0.25, -0.2) is 9.38 Å². The van der Waals surface area contributed by atoms with E-state index in [1.54, 1.807) is 19.0 Å². The maximum absolute atomic E-state index is 13.0. The van der Waals surface area contributed by atoms with E-state index in [1.165, 1.54) is 12.1 Å². The van der Waals surface area contributed by atoms with Crippen LogP contribution >= 0.6 is 24.0 Å². The molecule has 0 radical (unpaired) electrons. The van der Waals surface area contributed by atoms with Gasteiger partial charge in [0.1, 0.15) is 12.4 Å². The van der Waals surface area contributed by atoms with Crippen LogP contribution in [0.15, 0.2) is 29.3 Å². The first-order chi connectivity index (χ1) is 13.4. The van der Waals surface area contributed by atoms with Crippen LogP contribution in [0, 0.1) is 5.82 Å². The number of nitrogens with one attached hydrogen (secondary N) is 2. The van der Waals surface area contributed by atoms with Gasteiger partial charge in [0, 0.05) is 45.8 Å². The van der Waals surface area contributed by atoms with Crippen LogP contribution in [-0.2, 0) is 11.3 Å². The van der Waals surface area contributed by atoms with E-state index in [0.29, 0.717) is 18.0 Å². The molecule has 2 N–H and O–H groups in total. The van der Waals surface area contributed by atoms with E-state index < -0.39 is 0 Å². The van der Waals surface area contributed by atoms with Crippen LogP contribution in [0.1, 0.15) is 38.7 Å². The van der Waals surface area contributed by atoms with Crippen molar-refractivity contribution >= 4 is 35.8 Å². The number of benzene rings is 1. The van der Waals surface area contributed by atoms with Gasteiger partial charge in [-0.1, -0.05) is 19.1 Å². The van der Waals surface area contributed by atoms with Gasteiger partial charge >= 0.3 is 0 Å². The quantitative estimate of drug-likeness (QED) is 0.331. The predicted octanol–water partition coefficient (Wildman–Crippen LogP) is 2.83. The molecule has 29 heavy (non-hydrogen) atoms. The van der Waals surface area contributed by atoms with E-state index in [2.05, 4.69) is 34.4 Å². The second-order valence-corrected chi connectivity index (χ2v) is 7.73. The Bertz CT molecular complexity index is 645. The first-order valence-electron chi connectivity index (χ1n) is 10.1. The third-order valence-corrected chi connectivity index (χ3v) is 5.11. The molecular formula is C21H35FIN5O. The second kappa shape index (κ2) is 13.0. The third-order valence-electron chi connectivity index (χ3n) is 5.11. The molecule has 0 aromatic heterocycles. The monoisotopic (exact) mass is 519 g/mol. The number of amides is 1. The smallest absolute Gasteiger partial charge is 0.243 e. The summed E-state index contributed by atoms with van der Waals surface area (Å²) in [4.78, 5) is 20.3. The zero-order valence-corrected chi connectivity index (χ0v) is 20.3. The summed E-state index contributed by atoms with van der Waals surface area (Å²) in [6.07, 6.45) is 2.99. The fraction of sp³-hybridized carbons (Fsp3) is 0.619. The average Bonchev–Trinajstić information content (AvgIpc) is 2.68. The second-order valence-electron chi connectivity index (χ2n) is 7.73. The third kappa shape index (κ3) is 9.29. The van der Waals surface area contributed by atoms with Crippen LogP contribution in [0.3, 0.4) is 0 Å². The van der Waals surface area contributed by atoms with Gasteiger partial charge in [-0.05, 0) is 43.9 Å². The lowest BCUT2D eigenvalue weighted by atomic mass is 10.0. The van der Waals surface area contributed by atoms with E-state index in [-0.39, 0.29) is 42.2 Å². The highest BCUT2D eigenvalue weighted by Crippen LogP contribution is 2.14. The highest BCUT2D eigenvalue weighted by molar-refractivity contribution is 14.0. The van der Waals surface area contributed by atoms with Crippen molar-refractivity contribution < 1.29 is 9.18 Å². The van der Waals surface area contributed by atoms with E-state index in [4.69, 9.17) is 0 Å². The van der Waals surface area contributed by atoms with Gasteiger partial charge in [0.05, 0.1) is 0 Å². The van der Waals surface area contributed by atoms with Crippen LogP contribution in [-0.4, -0.2) is 67.5 Å². The Morgan fingerprint density at radius 2 is 1.90 bits per heavy atom. The lowest BCUT2D eigenvalue weighted by Crippen LogP contribution is -2.50. The van der Waals surface area contributed by atoms with Gasteiger partial charge in [0.2, 0.25) is 5.91 Å². The maximum atomic E-state index is 13.0. The summed E-state index contributed by atoms with van der Waals surface area (Å²) in [7, 11) is 3.48. The number of likely N-dealkylation sites (N-methyl/N-ethyl adjacent to an activating group) is 1. The van der Waals surface area contributed by atoms with Crippen LogP contribution in [0.4, 0.5) is 4.39 Å². The number of carbonyl (C=O) groups is 1.